The molecule has 62 valence electrons. The first-order chi connectivity index (χ1) is 5.07. The number of nitrogens with one attached hydrogen (secondary N) is 1. The third kappa shape index (κ3) is 4.13. The van der Waals surface area contributed by atoms with Gasteiger partial charge in [0, 0.05) is 0 Å². The minimum Gasteiger partial charge on any atom is -0.480 e. The summed E-state index contributed by atoms with van der Waals surface area (Å²) >= 11 is 0. The molecule has 0 aliphatic carbocycles. The highest BCUT2D eigenvalue weighted by Crippen LogP contribution is 1.81. The summed E-state index contributed by atoms with van der Waals surface area (Å²) in [6.45, 7) is 3.09. The van der Waals surface area contributed by atoms with Crippen molar-refractivity contribution < 1.29 is 14.7 Å². The largest absolute Gasteiger partial charge is 0.480 e. The van der Waals surface area contributed by atoms with Crippen LogP contribution in [0, 0.1) is 0 Å². The standard InChI is InChI=1S/C7H11NO3/c1-3-4-6(9)8-5(2)7(10)11/h3-5H,1-2H3,(H,8,9)(H,10,11)/b4-3+/t5-/m1/s1. The molecule has 0 aromatic heterocycles. The van der Waals surface area contributed by atoms with Crippen molar-refractivity contribution in [3.63, 3.8) is 0 Å². The fourth-order valence-electron chi connectivity index (χ4n) is 0.475. The van der Waals surface area contributed by atoms with Crippen LogP contribution in [0.5, 0.6) is 0 Å². The monoisotopic (exact) mass is 157 g/mol. The van der Waals surface area contributed by atoms with Crippen molar-refractivity contribution in [2.75, 3.05) is 0 Å². The van der Waals surface area contributed by atoms with Crippen LogP contribution in [0.2, 0.25) is 0 Å². The lowest BCUT2D eigenvalue weighted by Gasteiger charge is -2.05. The number of hydrogen-bond acceptors (Lipinski definition) is 2. The quantitative estimate of drug-likeness (QED) is 0.573. The van der Waals surface area contributed by atoms with E-state index in [-0.39, 0.29) is 5.91 Å². The summed E-state index contributed by atoms with van der Waals surface area (Å²) in [5.74, 6) is -1.43. The molecule has 1 atom stereocenters. The van der Waals surface area contributed by atoms with Crippen LogP contribution in [0.3, 0.4) is 0 Å². The van der Waals surface area contributed by atoms with Crippen molar-refractivity contribution in [3.8, 4) is 0 Å². The minimum absolute atomic E-state index is 0.387. The Hall–Kier alpha value is -1.32. The summed E-state index contributed by atoms with van der Waals surface area (Å²) in [5, 5.41) is 10.6. The molecule has 11 heavy (non-hydrogen) atoms. The predicted octanol–water partition coefficient (Wildman–Crippen LogP) is 0.152. The van der Waals surface area contributed by atoms with Gasteiger partial charge in [-0.25, -0.2) is 0 Å². The number of rotatable bonds is 3. The molecule has 0 aliphatic rings. The number of carbonyl (C=O) groups excluding carboxylic acids is 1. The summed E-state index contributed by atoms with van der Waals surface area (Å²) in [5.41, 5.74) is 0. The number of hydrogen-bond donors (Lipinski definition) is 2. The predicted molar refractivity (Wildman–Crippen MR) is 40.1 cm³/mol. The van der Waals surface area contributed by atoms with Gasteiger partial charge in [0.25, 0.3) is 0 Å². The third-order valence-corrected chi connectivity index (χ3v) is 1.05. The lowest BCUT2D eigenvalue weighted by molar-refractivity contribution is -0.140. The first-order valence-electron chi connectivity index (χ1n) is 3.24. The maximum absolute atomic E-state index is 10.7. The van der Waals surface area contributed by atoms with Gasteiger partial charge in [0.15, 0.2) is 0 Å². The van der Waals surface area contributed by atoms with Gasteiger partial charge in [-0.2, -0.15) is 0 Å². The maximum atomic E-state index is 10.7. The fourth-order valence-corrected chi connectivity index (χ4v) is 0.475. The molecule has 0 aromatic rings. The Morgan fingerprint density at radius 3 is 2.45 bits per heavy atom. The minimum atomic E-state index is -1.04. The highest BCUT2D eigenvalue weighted by molar-refractivity contribution is 5.90. The van der Waals surface area contributed by atoms with Gasteiger partial charge in [-0.15, -0.1) is 0 Å². The van der Waals surface area contributed by atoms with E-state index in [0.717, 1.165) is 0 Å². The van der Waals surface area contributed by atoms with Gasteiger partial charge in [0.1, 0.15) is 6.04 Å². The molecule has 0 aromatic carbocycles. The van der Waals surface area contributed by atoms with Crippen LogP contribution < -0.4 is 5.32 Å². The second-order valence-electron chi connectivity index (χ2n) is 2.07. The summed E-state index contributed by atoms with van der Waals surface area (Å²) in [4.78, 5) is 20.9. The molecule has 0 radical (unpaired) electrons. The molecule has 4 nitrogen and oxygen atoms in total. The third-order valence-electron chi connectivity index (χ3n) is 1.05. The number of aliphatic carboxylic acids is 1. The van der Waals surface area contributed by atoms with E-state index in [2.05, 4.69) is 5.32 Å². The second-order valence-corrected chi connectivity index (χ2v) is 2.07. The molecular weight excluding hydrogens is 146 g/mol. The zero-order chi connectivity index (χ0) is 8.85. The molecule has 0 saturated heterocycles. The first kappa shape index (κ1) is 9.68. The average Bonchev–Trinajstić information content (AvgIpc) is 1.87. The first-order valence-corrected chi connectivity index (χ1v) is 3.24. The molecule has 2 N–H and O–H groups in total. The molecule has 0 spiro atoms. The van der Waals surface area contributed by atoms with E-state index in [1.807, 2.05) is 0 Å². The van der Waals surface area contributed by atoms with Crippen molar-refractivity contribution >= 4 is 11.9 Å². The van der Waals surface area contributed by atoms with Gasteiger partial charge in [-0.1, -0.05) is 6.08 Å². The van der Waals surface area contributed by atoms with Crippen LogP contribution in [0.4, 0.5) is 0 Å². The molecule has 0 unspecified atom stereocenters. The number of amides is 1. The Kier molecular flexibility index (Phi) is 3.95. The van der Waals surface area contributed by atoms with Crippen molar-refractivity contribution in [2.45, 2.75) is 19.9 Å². The number of carboxylic acid groups (broad SMARTS) is 1. The lowest BCUT2D eigenvalue weighted by atomic mass is 10.3. The summed E-state index contributed by atoms with van der Waals surface area (Å²) in [6, 6.07) is -0.835. The lowest BCUT2D eigenvalue weighted by Crippen LogP contribution is -2.37. The van der Waals surface area contributed by atoms with E-state index in [0.29, 0.717) is 0 Å². The molecule has 0 aliphatic heterocycles. The van der Waals surface area contributed by atoms with Crippen LogP contribution in [0.15, 0.2) is 12.2 Å². The smallest absolute Gasteiger partial charge is 0.325 e. The Morgan fingerprint density at radius 2 is 2.09 bits per heavy atom. The molecule has 0 heterocycles. The number of carboxylic acids is 1. The molecule has 0 bridgehead atoms. The molecule has 0 saturated carbocycles. The normalized spacial score (nSPS) is 12.9. The summed E-state index contributed by atoms with van der Waals surface area (Å²) in [6.07, 6.45) is 2.82. The van der Waals surface area contributed by atoms with Crippen molar-refractivity contribution in [3.05, 3.63) is 12.2 Å². The zero-order valence-electron chi connectivity index (χ0n) is 6.50. The maximum Gasteiger partial charge on any atom is 0.325 e. The molecule has 0 fully saturated rings. The van der Waals surface area contributed by atoms with Gasteiger partial charge < -0.3 is 10.4 Å². The average molecular weight is 157 g/mol. The van der Waals surface area contributed by atoms with E-state index in [1.54, 1.807) is 13.0 Å². The molecule has 1 amide bonds. The molecule has 0 rings (SSSR count). The van der Waals surface area contributed by atoms with Crippen molar-refractivity contribution in [1.29, 1.82) is 0 Å². The van der Waals surface area contributed by atoms with E-state index in [1.165, 1.54) is 13.0 Å². The van der Waals surface area contributed by atoms with Crippen LogP contribution in [0.1, 0.15) is 13.8 Å². The fraction of sp³-hybridized carbons (Fsp3) is 0.429. The van der Waals surface area contributed by atoms with E-state index in [9.17, 15) is 9.59 Å². The molecule has 4 heteroatoms. The Balaban J connectivity index is 3.85. The van der Waals surface area contributed by atoms with E-state index in [4.69, 9.17) is 5.11 Å². The Bertz CT molecular complexity index is 186. The van der Waals surface area contributed by atoms with Crippen LogP contribution in [0.25, 0.3) is 0 Å². The number of allylic oxidation sites excluding steroid dienone is 1. The van der Waals surface area contributed by atoms with Gasteiger partial charge in [-0.05, 0) is 19.9 Å². The second kappa shape index (κ2) is 4.49. The van der Waals surface area contributed by atoms with Crippen LogP contribution in [-0.2, 0) is 9.59 Å². The number of carbonyl (C=O) groups is 2. The Labute approximate surface area is 64.9 Å². The van der Waals surface area contributed by atoms with Crippen molar-refractivity contribution in [2.24, 2.45) is 0 Å². The highest BCUT2D eigenvalue weighted by Gasteiger charge is 2.10. The topological polar surface area (TPSA) is 66.4 Å². The highest BCUT2D eigenvalue weighted by atomic mass is 16.4. The van der Waals surface area contributed by atoms with Gasteiger partial charge in [0.05, 0.1) is 0 Å². The van der Waals surface area contributed by atoms with Gasteiger partial charge >= 0.3 is 5.97 Å². The van der Waals surface area contributed by atoms with Crippen LogP contribution in [-0.4, -0.2) is 23.0 Å². The van der Waals surface area contributed by atoms with Gasteiger partial charge in [0.2, 0.25) is 5.91 Å². The van der Waals surface area contributed by atoms with Gasteiger partial charge in [-0.3, -0.25) is 9.59 Å². The van der Waals surface area contributed by atoms with Crippen molar-refractivity contribution in [1.82, 2.24) is 5.32 Å². The van der Waals surface area contributed by atoms with E-state index < -0.39 is 12.0 Å². The Morgan fingerprint density at radius 1 is 1.55 bits per heavy atom. The van der Waals surface area contributed by atoms with E-state index >= 15 is 0 Å². The summed E-state index contributed by atoms with van der Waals surface area (Å²) in [7, 11) is 0. The molecular formula is C7H11NO3. The zero-order valence-corrected chi connectivity index (χ0v) is 6.50. The summed E-state index contributed by atoms with van der Waals surface area (Å²) < 4.78 is 0. The van der Waals surface area contributed by atoms with Crippen LogP contribution >= 0.6 is 0 Å². The SMILES string of the molecule is C/C=C/C(=O)N[C@H](C)C(=O)O.